The van der Waals surface area contributed by atoms with Crippen molar-refractivity contribution in [1.29, 1.82) is 0 Å². The third-order valence-corrected chi connectivity index (χ3v) is 9.75. The molecule has 0 N–H and O–H groups in total. The first-order valence-corrected chi connectivity index (χ1v) is 15.7. The van der Waals surface area contributed by atoms with Crippen LogP contribution in [0.2, 0.25) is 0 Å². The number of anilines is 3. The number of hydrogen-bond donors (Lipinski definition) is 0. The van der Waals surface area contributed by atoms with Gasteiger partial charge in [0.25, 0.3) is 0 Å². The molecule has 2 heteroatoms. The molecule has 1 heterocycles. The second-order valence-electron chi connectivity index (χ2n) is 12.6. The summed E-state index contributed by atoms with van der Waals surface area (Å²) in [4.78, 5) is 2.48. The topological polar surface area (TPSA) is 8.17 Å². The first kappa shape index (κ1) is 25.9. The highest BCUT2D eigenvalue weighted by atomic mass is 15.2. The van der Waals surface area contributed by atoms with Gasteiger partial charge in [-0.2, -0.15) is 0 Å². The molecule has 0 aliphatic heterocycles. The van der Waals surface area contributed by atoms with Crippen molar-refractivity contribution in [3.63, 3.8) is 0 Å². The summed E-state index contributed by atoms with van der Waals surface area (Å²) in [5, 5.41) is 4.97. The molecular formula is C43H32N2. The summed E-state index contributed by atoms with van der Waals surface area (Å²) in [7, 11) is 0. The summed E-state index contributed by atoms with van der Waals surface area (Å²) in [6.07, 6.45) is 0. The van der Waals surface area contributed by atoms with Gasteiger partial charge in [-0.15, -0.1) is 0 Å². The van der Waals surface area contributed by atoms with Gasteiger partial charge in [0.2, 0.25) is 0 Å². The Kier molecular flexibility index (Phi) is 5.58. The second kappa shape index (κ2) is 9.70. The third-order valence-electron chi connectivity index (χ3n) is 9.75. The first-order chi connectivity index (χ1) is 22.1. The number of fused-ring (bicyclic) bond motifs is 7. The van der Waals surface area contributed by atoms with Crippen LogP contribution in [0, 0.1) is 0 Å². The fraction of sp³-hybridized carbons (Fsp3) is 0.0698. The Balaban J connectivity index is 1.41. The van der Waals surface area contributed by atoms with E-state index in [0.717, 1.165) is 17.1 Å². The van der Waals surface area contributed by atoms with Crippen LogP contribution in [0.4, 0.5) is 17.1 Å². The van der Waals surface area contributed by atoms with Gasteiger partial charge in [-0.3, -0.25) is 0 Å². The molecule has 0 fully saturated rings. The minimum absolute atomic E-state index is 0.0870. The lowest BCUT2D eigenvalue weighted by molar-refractivity contribution is 0.660. The lowest BCUT2D eigenvalue weighted by Gasteiger charge is -2.30. The average molecular weight is 577 g/mol. The number of benzene rings is 7. The molecule has 1 aliphatic rings. The van der Waals surface area contributed by atoms with Gasteiger partial charge < -0.3 is 9.47 Å². The molecule has 0 bridgehead atoms. The summed E-state index contributed by atoms with van der Waals surface area (Å²) in [5.74, 6) is 0. The van der Waals surface area contributed by atoms with E-state index in [0.29, 0.717) is 0 Å². The normalized spacial score (nSPS) is 13.3. The lowest BCUT2D eigenvalue weighted by atomic mass is 9.82. The molecule has 0 saturated carbocycles. The van der Waals surface area contributed by atoms with Crippen LogP contribution in [-0.2, 0) is 5.41 Å². The molecule has 8 aromatic rings. The molecule has 1 aliphatic carbocycles. The van der Waals surface area contributed by atoms with E-state index >= 15 is 0 Å². The van der Waals surface area contributed by atoms with E-state index in [2.05, 4.69) is 181 Å². The molecule has 0 unspecified atom stereocenters. The maximum absolute atomic E-state index is 2.48. The van der Waals surface area contributed by atoms with Crippen LogP contribution < -0.4 is 4.90 Å². The molecule has 2 nitrogen and oxygen atoms in total. The molecular weight excluding hydrogens is 544 g/mol. The van der Waals surface area contributed by atoms with Crippen molar-refractivity contribution in [2.24, 2.45) is 0 Å². The van der Waals surface area contributed by atoms with E-state index in [-0.39, 0.29) is 5.41 Å². The van der Waals surface area contributed by atoms with Gasteiger partial charge in [-0.25, -0.2) is 0 Å². The summed E-state index contributed by atoms with van der Waals surface area (Å²) in [5.41, 5.74) is 12.3. The summed E-state index contributed by atoms with van der Waals surface area (Å²) < 4.78 is 2.46. The Hall–Kier alpha value is -5.60. The maximum atomic E-state index is 2.48. The van der Waals surface area contributed by atoms with Crippen LogP contribution in [-0.4, -0.2) is 4.57 Å². The van der Waals surface area contributed by atoms with Crippen molar-refractivity contribution in [2.45, 2.75) is 19.3 Å². The summed E-state index contributed by atoms with van der Waals surface area (Å²) >= 11 is 0. The molecule has 7 aromatic carbocycles. The van der Waals surface area contributed by atoms with Crippen molar-refractivity contribution in [3.8, 4) is 16.8 Å². The van der Waals surface area contributed by atoms with Crippen molar-refractivity contribution < 1.29 is 0 Å². The van der Waals surface area contributed by atoms with Crippen LogP contribution in [0.5, 0.6) is 0 Å². The SMILES string of the molecule is CC1(C)c2ccccc2-c2c(N(c3ccccc3)c3cccc4c5ccccc5n(-c5ccc6ccccc6c5)c34)cccc21. The van der Waals surface area contributed by atoms with Crippen LogP contribution >= 0.6 is 0 Å². The molecule has 0 radical (unpaired) electrons. The van der Waals surface area contributed by atoms with Gasteiger partial charge in [-0.1, -0.05) is 129 Å². The Morgan fingerprint density at radius 3 is 2.07 bits per heavy atom. The highest BCUT2D eigenvalue weighted by Gasteiger charge is 2.38. The number of nitrogens with zero attached hydrogens (tertiary/aromatic N) is 2. The zero-order valence-corrected chi connectivity index (χ0v) is 25.4. The first-order valence-electron chi connectivity index (χ1n) is 15.7. The Morgan fingerprint density at radius 2 is 1.18 bits per heavy atom. The van der Waals surface area contributed by atoms with E-state index in [9.17, 15) is 0 Å². The maximum Gasteiger partial charge on any atom is 0.0782 e. The van der Waals surface area contributed by atoms with Crippen LogP contribution in [0.3, 0.4) is 0 Å². The van der Waals surface area contributed by atoms with Gasteiger partial charge in [0.15, 0.2) is 0 Å². The Bertz CT molecular complexity index is 2410. The van der Waals surface area contributed by atoms with E-state index in [1.165, 1.54) is 60.5 Å². The fourth-order valence-corrected chi connectivity index (χ4v) is 7.67. The smallest absolute Gasteiger partial charge is 0.0782 e. The number of para-hydroxylation sites is 3. The predicted octanol–water partition coefficient (Wildman–Crippen LogP) is 11.7. The van der Waals surface area contributed by atoms with Crippen molar-refractivity contribution >= 4 is 49.6 Å². The molecule has 0 spiro atoms. The molecule has 0 atom stereocenters. The van der Waals surface area contributed by atoms with Gasteiger partial charge in [0.1, 0.15) is 0 Å². The fourth-order valence-electron chi connectivity index (χ4n) is 7.67. The van der Waals surface area contributed by atoms with E-state index in [1.807, 2.05) is 0 Å². The minimum Gasteiger partial charge on any atom is -0.308 e. The summed E-state index contributed by atoms with van der Waals surface area (Å²) in [6, 6.07) is 57.6. The Morgan fingerprint density at radius 1 is 0.511 bits per heavy atom. The van der Waals surface area contributed by atoms with Crippen LogP contribution in [0.25, 0.3) is 49.4 Å². The zero-order valence-electron chi connectivity index (χ0n) is 25.4. The molecule has 9 rings (SSSR count). The highest BCUT2D eigenvalue weighted by molar-refractivity contribution is 6.15. The van der Waals surface area contributed by atoms with Gasteiger partial charge in [0, 0.05) is 33.1 Å². The largest absolute Gasteiger partial charge is 0.308 e. The predicted molar refractivity (Wildman–Crippen MR) is 191 cm³/mol. The molecule has 0 amide bonds. The van der Waals surface area contributed by atoms with E-state index < -0.39 is 0 Å². The average Bonchev–Trinajstić information content (AvgIpc) is 3.55. The summed E-state index contributed by atoms with van der Waals surface area (Å²) in [6.45, 7) is 4.71. The zero-order chi connectivity index (χ0) is 30.1. The van der Waals surface area contributed by atoms with E-state index in [4.69, 9.17) is 0 Å². The van der Waals surface area contributed by atoms with Gasteiger partial charge >= 0.3 is 0 Å². The number of hydrogen-bond acceptors (Lipinski definition) is 1. The van der Waals surface area contributed by atoms with Crippen LogP contribution in [0.1, 0.15) is 25.0 Å². The quantitative estimate of drug-likeness (QED) is 0.202. The minimum atomic E-state index is -0.0870. The molecule has 214 valence electrons. The highest BCUT2D eigenvalue weighted by Crippen LogP contribution is 2.55. The van der Waals surface area contributed by atoms with Crippen molar-refractivity contribution in [3.05, 3.63) is 169 Å². The monoisotopic (exact) mass is 576 g/mol. The van der Waals surface area contributed by atoms with Gasteiger partial charge in [0.05, 0.1) is 22.4 Å². The Labute approximate surface area is 263 Å². The lowest BCUT2D eigenvalue weighted by Crippen LogP contribution is -2.16. The number of aromatic nitrogens is 1. The molecule has 45 heavy (non-hydrogen) atoms. The van der Waals surface area contributed by atoms with Gasteiger partial charge in [-0.05, 0) is 69.9 Å². The second-order valence-corrected chi connectivity index (χ2v) is 12.6. The standard InChI is InChI=1S/C43H32N2/c1-43(2)36-21-10-8-19-35(36)41-37(43)22-13-24-39(41)44(31-16-4-3-5-17-31)40-25-12-20-34-33-18-9-11-23-38(33)45(42(34)40)32-27-26-29-14-6-7-15-30(29)28-32/h3-28H,1-2H3. The molecule has 1 aromatic heterocycles. The number of rotatable bonds is 4. The molecule has 0 saturated heterocycles. The van der Waals surface area contributed by atoms with Crippen molar-refractivity contribution in [2.75, 3.05) is 4.90 Å². The third kappa shape index (κ3) is 3.76. The van der Waals surface area contributed by atoms with Crippen LogP contribution in [0.15, 0.2) is 158 Å². The van der Waals surface area contributed by atoms with Crippen molar-refractivity contribution in [1.82, 2.24) is 4.57 Å². The van der Waals surface area contributed by atoms with E-state index in [1.54, 1.807) is 0 Å².